The van der Waals surface area contributed by atoms with Crippen LogP contribution in [0.1, 0.15) is 65.2 Å². The smallest absolute Gasteiger partial charge is 0.300 e. The number of rotatable bonds is 0. The van der Waals surface area contributed by atoms with Gasteiger partial charge < -0.3 is 0 Å². The van der Waals surface area contributed by atoms with Crippen molar-refractivity contribution in [2.45, 2.75) is 71.1 Å². The largest absolute Gasteiger partial charge is 0.306 e. The lowest BCUT2D eigenvalue weighted by molar-refractivity contribution is -0.150. The van der Waals surface area contributed by atoms with Crippen molar-refractivity contribution in [3.63, 3.8) is 0 Å². The van der Waals surface area contributed by atoms with Gasteiger partial charge in [-0.1, -0.05) is 13.8 Å². The van der Waals surface area contributed by atoms with Crippen LogP contribution in [0.25, 0.3) is 0 Å². The topological polar surface area (TPSA) is 34.1 Å². The molecule has 0 aliphatic heterocycles. The van der Waals surface area contributed by atoms with E-state index in [4.69, 9.17) is 0 Å². The first-order valence-corrected chi connectivity index (χ1v) is 9.13. The lowest BCUT2D eigenvalue weighted by atomic mass is 9.45. The Kier molecular flexibility index (Phi) is 3.17. The van der Waals surface area contributed by atoms with Crippen molar-refractivity contribution in [1.82, 2.24) is 0 Å². The number of carbonyl (C=O) groups is 2. The fourth-order valence-corrected chi connectivity index (χ4v) is 6.81. The van der Waals surface area contributed by atoms with E-state index >= 15 is 0 Å². The molecule has 0 radical (unpaired) electrons. The average molecular weight is 324 g/mol. The fraction of sp³-hybridized carbons (Fsp3) is 0.895. The Morgan fingerprint density at radius 1 is 1.00 bits per heavy atom. The molecule has 0 saturated heterocycles. The minimum absolute atomic E-state index is 0.110. The van der Waals surface area contributed by atoms with Gasteiger partial charge in [-0.2, -0.15) is 8.78 Å². The third kappa shape index (κ3) is 1.96. The molecule has 23 heavy (non-hydrogen) atoms. The normalized spacial score (nSPS) is 51.8. The summed E-state index contributed by atoms with van der Waals surface area (Å²) in [4.78, 5) is 24.1. The molecule has 4 saturated carbocycles. The number of hydrogen-bond donors (Lipinski definition) is 0. The number of fused-ring (bicyclic) bond motifs is 5. The molecule has 4 aliphatic rings. The predicted octanol–water partition coefficient (Wildman–Crippen LogP) is 4.41. The number of alkyl halides is 2. The number of ketones is 2. The summed E-state index contributed by atoms with van der Waals surface area (Å²) in [6.45, 7) is 4.08. The molecule has 4 heteroatoms. The molecule has 0 heterocycles. The maximum Gasteiger partial charge on any atom is 0.306 e. The first kappa shape index (κ1) is 15.7. The van der Waals surface area contributed by atoms with Gasteiger partial charge in [-0.05, 0) is 61.2 Å². The van der Waals surface area contributed by atoms with Gasteiger partial charge in [0.25, 0.3) is 0 Å². The van der Waals surface area contributed by atoms with E-state index in [0.717, 1.165) is 25.7 Å². The Morgan fingerprint density at radius 3 is 2.48 bits per heavy atom. The maximum absolute atomic E-state index is 14.1. The van der Waals surface area contributed by atoms with Crippen LogP contribution >= 0.6 is 0 Å². The number of Topliss-reactive ketones (excluding diaryl/α,β-unsaturated/α-hetero) is 2. The molecule has 0 aromatic rings. The summed E-state index contributed by atoms with van der Waals surface area (Å²) in [5, 5.41) is 0. The van der Waals surface area contributed by atoms with Crippen LogP contribution in [0, 0.1) is 34.5 Å². The summed E-state index contributed by atoms with van der Waals surface area (Å²) in [7, 11) is 0. The van der Waals surface area contributed by atoms with Gasteiger partial charge in [0, 0.05) is 24.7 Å². The van der Waals surface area contributed by atoms with Gasteiger partial charge in [0.05, 0.1) is 0 Å². The van der Waals surface area contributed by atoms with Crippen LogP contribution in [0.5, 0.6) is 0 Å². The van der Waals surface area contributed by atoms with Crippen molar-refractivity contribution >= 4 is 11.6 Å². The number of halogens is 2. The van der Waals surface area contributed by atoms with Crippen LogP contribution in [-0.4, -0.2) is 17.5 Å². The van der Waals surface area contributed by atoms with E-state index in [0.29, 0.717) is 36.9 Å². The van der Waals surface area contributed by atoms with Gasteiger partial charge in [0.1, 0.15) is 5.78 Å². The van der Waals surface area contributed by atoms with Gasteiger partial charge in [-0.3, -0.25) is 9.59 Å². The van der Waals surface area contributed by atoms with Crippen LogP contribution < -0.4 is 0 Å². The molecule has 2 nitrogen and oxygen atoms in total. The monoisotopic (exact) mass is 324 g/mol. The standard InChI is InChI=1S/C19H26F2O2/c1-17-7-5-12(22)9-11(17)3-4-13-14(17)6-8-18(2)15(13)10-19(20,21)16(18)23/h11,13-15H,3-10H2,1-2H3/t11-,13+,14-,15-,17-,18-/m0/s1. The van der Waals surface area contributed by atoms with Crippen LogP contribution in [-0.2, 0) is 9.59 Å². The Labute approximate surface area is 136 Å². The van der Waals surface area contributed by atoms with Gasteiger partial charge in [-0.15, -0.1) is 0 Å². The van der Waals surface area contributed by atoms with Crippen molar-refractivity contribution < 1.29 is 18.4 Å². The number of hydrogen-bond acceptors (Lipinski definition) is 2. The highest BCUT2D eigenvalue weighted by Gasteiger charge is 2.67. The van der Waals surface area contributed by atoms with Crippen LogP contribution in [0.2, 0.25) is 0 Å². The van der Waals surface area contributed by atoms with E-state index < -0.39 is 17.1 Å². The second kappa shape index (κ2) is 4.64. The molecule has 4 rings (SSSR count). The van der Waals surface area contributed by atoms with E-state index in [9.17, 15) is 18.4 Å². The molecule has 4 fully saturated rings. The van der Waals surface area contributed by atoms with Gasteiger partial charge in [0.15, 0.2) is 0 Å². The van der Waals surface area contributed by atoms with E-state index in [1.165, 1.54) is 0 Å². The Hall–Kier alpha value is -0.800. The third-order valence-corrected chi connectivity index (χ3v) is 8.20. The molecule has 0 aromatic carbocycles. The van der Waals surface area contributed by atoms with Crippen LogP contribution in [0.4, 0.5) is 8.78 Å². The summed E-state index contributed by atoms with van der Waals surface area (Å²) in [6, 6.07) is 0. The lowest BCUT2D eigenvalue weighted by Crippen LogP contribution is -2.53. The highest BCUT2D eigenvalue weighted by Crippen LogP contribution is 2.66. The second-order valence-electron chi connectivity index (χ2n) is 9.09. The maximum atomic E-state index is 14.1. The zero-order valence-electron chi connectivity index (χ0n) is 14.0. The summed E-state index contributed by atoms with van der Waals surface area (Å²) < 4.78 is 28.3. The SMILES string of the molecule is C[C@]12CCC(=O)C[C@@H]1CC[C@@H]1[C@@H]2CC[C@]2(C)C(=O)C(F)(F)C[C@@H]12. The summed E-state index contributed by atoms with van der Waals surface area (Å²) >= 11 is 0. The number of carbonyl (C=O) groups excluding carboxylic acids is 2. The minimum Gasteiger partial charge on any atom is -0.300 e. The second-order valence-corrected chi connectivity index (χ2v) is 9.09. The van der Waals surface area contributed by atoms with Crippen molar-refractivity contribution in [2.75, 3.05) is 0 Å². The van der Waals surface area contributed by atoms with Crippen molar-refractivity contribution in [1.29, 1.82) is 0 Å². The van der Waals surface area contributed by atoms with E-state index in [2.05, 4.69) is 6.92 Å². The Morgan fingerprint density at radius 2 is 1.74 bits per heavy atom. The van der Waals surface area contributed by atoms with Crippen LogP contribution in [0.3, 0.4) is 0 Å². The molecule has 0 N–H and O–H groups in total. The quantitative estimate of drug-likeness (QED) is 0.661. The zero-order valence-corrected chi connectivity index (χ0v) is 14.0. The fourth-order valence-electron chi connectivity index (χ4n) is 6.81. The average Bonchev–Trinajstić information content (AvgIpc) is 2.68. The summed E-state index contributed by atoms with van der Waals surface area (Å²) in [6.07, 6.45) is 5.35. The molecule has 0 aromatic heterocycles. The third-order valence-electron chi connectivity index (χ3n) is 8.20. The molecule has 0 unspecified atom stereocenters. The van der Waals surface area contributed by atoms with E-state index in [1.807, 2.05) is 0 Å². The molecule has 128 valence electrons. The van der Waals surface area contributed by atoms with E-state index in [-0.39, 0.29) is 23.7 Å². The summed E-state index contributed by atoms with van der Waals surface area (Å²) in [5.41, 5.74) is -0.711. The highest BCUT2D eigenvalue weighted by atomic mass is 19.3. The molecule has 0 spiro atoms. The van der Waals surface area contributed by atoms with Crippen molar-refractivity contribution in [3.05, 3.63) is 0 Å². The molecule has 4 aliphatic carbocycles. The molecule has 0 amide bonds. The van der Waals surface area contributed by atoms with E-state index in [1.54, 1.807) is 6.92 Å². The molecule has 6 atom stereocenters. The van der Waals surface area contributed by atoms with Crippen molar-refractivity contribution in [3.8, 4) is 0 Å². The Bertz CT molecular complexity index is 572. The predicted molar refractivity (Wildman–Crippen MR) is 82.1 cm³/mol. The molecule has 0 bridgehead atoms. The van der Waals surface area contributed by atoms with Gasteiger partial charge in [-0.25, -0.2) is 0 Å². The van der Waals surface area contributed by atoms with Gasteiger partial charge in [0.2, 0.25) is 5.78 Å². The summed E-state index contributed by atoms with van der Waals surface area (Å²) in [5.74, 6) is -2.66. The Balaban J connectivity index is 1.67. The molecular formula is C19H26F2O2. The first-order valence-electron chi connectivity index (χ1n) is 9.13. The first-order chi connectivity index (χ1) is 10.7. The van der Waals surface area contributed by atoms with Crippen molar-refractivity contribution in [2.24, 2.45) is 34.5 Å². The minimum atomic E-state index is -3.13. The van der Waals surface area contributed by atoms with Gasteiger partial charge >= 0.3 is 5.92 Å². The lowest BCUT2D eigenvalue weighted by Gasteiger charge is -2.59. The van der Waals surface area contributed by atoms with Crippen LogP contribution in [0.15, 0.2) is 0 Å². The molecular weight excluding hydrogens is 298 g/mol. The zero-order chi connectivity index (χ0) is 16.6. The highest BCUT2D eigenvalue weighted by molar-refractivity contribution is 5.93.